The summed E-state index contributed by atoms with van der Waals surface area (Å²) in [5.74, 6) is 2.30. The average Bonchev–Trinajstić information content (AvgIpc) is 3.07. The van der Waals surface area contributed by atoms with Gasteiger partial charge in [0.05, 0.1) is 5.75 Å². The zero-order valence-corrected chi connectivity index (χ0v) is 14.8. The second-order valence-corrected chi connectivity index (χ2v) is 7.37. The van der Waals surface area contributed by atoms with Crippen molar-refractivity contribution in [1.82, 2.24) is 25.5 Å². The zero-order valence-electron chi connectivity index (χ0n) is 14.0. The molecule has 2 N–H and O–H groups in total. The summed E-state index contributed by atoms with van der Waals surface area (Å²) in [7, 11) is 0. The number of carbonyl (C=O) groups excluding carboxylic acids is 1. The van der Waals surface area contributed by atoms with Gasteiger partial charge < -0.3 is 5.32 Å². The van der Waals surface area contributed by atoms with Gasteiger partial charge >= 0.3 is 0 Å². The first-order chi connectivity index (χ1) is 11.6. The van der Waals surface area contributed by atoms with E-state index < -0.39 is 0 Å². The van der Waals surface area contributed by atoms with E-state index in [0.29, 0.717) is 34.6 Å². The summed E-state index contributed by atoms with van der Waals surface area (Å²) in [6, 6.07) is 4.03. The first-order valence-corrected chi connectivity index (χ1v) is 9.37. The molecular formula is C17H23N5OS. The second-order valence-electron chi connectivity index (χ2n) is 6.43. The summed E-state index contributed by atoms with van der Waals surface area (Å²) in [5, 5.41) is 10.8. The minimum atomic E-state index is 0.0567. The Bertz CT molecular complexity index is 675. The molecule has 0 unspecified atom stereocenters. The molecule has 2 aromatic rings. The number of H-pyrrole nitrogens is 1. The molecular weight excluding hydrogens is 322 g/mol. The summed E-state index contributed by atoms with van der Waals surface area (Å²) in [4.78, 5) is 20.6. The third-order valence-corrected chi connectivity index (χ3v) is 5.65. The molecule has 6 nitrogen and oxygen atoms in total. The lowest BCUT2D eigenvalue weighted by Crippen LogP contribution is -2.44. The third kappa shape index (κ3) is 4.14. The molecule has 3 rings (SSSR count). The van der Waals surface area contributed by atoms with Crippen molar-refractivity contribution in [2.75, 3.05) is 5.75 Å². The maximum Gasteiger partial charge on any atom is 0.230 e. The minimum absolute atomic E-state index is 0.0567. The molecule has 0 aliphatic heterocycles. The van der Waals surface area contributed by atoms with Gasteiger partial charge in [0.2, 0.25) is 11.1 Å². The van der Waals surface area contributed by atoms with Gasteiger partial charge in [0.1, 0.15) is 0 Å². The van der Waals surface area contributed by atoms with Gasteiger partial charge in [-0.1, -0.05) is 38.5 Å². The lowest BCUT2D eigenvalue weighted by atomic mass is 9.78. The molecule has 1 amide bonds. The fraction of sp³-hybridized carbons (Fsp3) is 0.529. The summed E-state index contributed by atoms with van der Waals surface area (Å²) in [6.07, 6.45) is 6.96. The summed E-state index contributed by atoms with van der Waals surface area (Å²) in [6.45, 7) is 4.50. The van der Waals surface area contributed by atoms with E-state index in [0.717, 1.165) is 12.0 Å². The molecule has 24 heavy (non-hydrogen) atoms. The van der Waals surface area contributed by atoms with Crippen molar-refractivity contribution in [3.05, 3.63) is 24.5 Å². The minimum Gasteiger partial charge on any atom is -0.352 e. The van der Waals surface area contributed by atoms with Crippen LogP contribution in [0.1, 0.15) is 33.1 Å². The van der Waals surface area contributed by atoms with Crippen LogP contribution >= 0.6 is 11.8 Å². The molecule has 3 atom stereocenters. The molecule has 1 aliphatic rings. The molecule has 1 saturated carbocycles. The Morgan fingerprint density at radius 3 is 2.92 bits per heavy atom. The van der Waals surface area contributed by atoms with Crippen molar-refractivity contribution in [1.29, 1.82) is 0 Å². The van der Waals surface area contributed by atoms with Crippen LogP contribution in [-0.4, -0.2) is 37.9 Å². The number of amides is 1. The molecule has 1 aliphatic carbocycles. The molecule has 2 heterocycles. The molecule has 0 radical (unpaired) electrons. The van der Waals surface area contributed by atoms with Crippen LogP contribution in [0.3, 0.4) is 0 Å². The number of nitrogens with one attached hydrogen (secondary N) is 2. The molecule has 0 spiro atoms. The highest BCUT2D eigenvalue weighted by Crippen LogP contribution is 2.29. The number of nitrogens with zero attached hydrogens (tertiary/aromatic N) is 3. The fourth-order valence-electron chi connectivity index (χ4n) is 3.11. The largest absolute Gasteiger partial charge is 0.352 e. The SMILES string of the molecule is C[C@H]1[C@@H](NC(=O)CSc2n[nH]c(-c3ccncc3)n2)CCC[C@@H]1C. The van der Waals surface area contributed by atoms with Crippen LogP contribution in [0.25, 0.3) is 11.4 Å². The number of pyridine rings is 1. The predicted octanol–water partition coefficient (Wildman–Crippen LogP) is 2.90. The van der Waals surface area contributed by atoms with Gasteiger partial charge in [-0.05, 0) is 30.4 Å². The number of rotatable bonds is 5. The van der Waals surface area contributed by atoms with Crippen LogP contribution in [0.4, 0.5) is 0 Å². The van der Waals surface area contributed by atoms with Crippen molar-refractivity contribution in [3.8, 4) is 11.4 Å². The van der Waals surface area contributed by atoms with Crippen LogP contribution < -0.4 is 5.32 Å². The molecule has 0 saturated heterocycles. The Hall–Kier alpha value is -1.89. The van der Waals surface area contributed by atoms with Crippen LogP contribution in [0, 0.1) is 11.8 Å². The standard InChI is InChI=1S/C17H23N5OS/c1-11-4-3-5-14(12(11)2)19-15(23)10-24-17-20-16(21-22-17)13-6-8-18-9-7-13/h6-9,11-12,14H,3-5,10H2,1-2H3,(H,19,23)(H,20,21,22)/t11-,12+,14-/m0/s1. The van der Waals surface area contributed by atoms with Crippen LogP contribution in [0.2, 0.25) is 0 Å². The van der Waals surface area contributed by atoms with Gasteiger partial charge in [-0.2, -0.15) is 0 Å². The monoisotopic (exact) mass is 345 g/mol. The van der Waals surface area contributed by atoms with Crippen LogP contribution in [0.5, 0.6) is 0 Å². The Balaban J connectivity index is 1.51. The molecule has 7 heteroatoms. The number of aromatic amines is 1. The molecule has 128 valence electrons. The van der Waals surface area contributed by atoms with Gasteiger partial charge in [-0.25, -0.2) is 4.98 Å². The lowest BCUT2D eigenvalue weighted by Gasteiger charge is -2.34. The van der Waals surface area contributed by atoms with Crippen molar-refractivity contribution in [2.45, 2.75) is 44.3 Å². The summed E-state index contributed by atoms with van der Waals surface area (Å²) in [5.41, 5.74) is 0.929. The fourth-order valence-corrected chi connectivity index (χ4v) is 3.72. The number of aromatic nitrogens is 4. The Kier molecular flexibility index (Phi) is 5.50. The smallest absolute Gasteiger partial charge is 0.230 e. The van der Waals surface area contributed by atoms with Gasteiger partial charge in [-0.15, -0.1) is 5.10 Å². The van der Waals surface area contributed by atoms with E-state index in [-0.39, 0.29) is 5.91 Å². The number of thioether (sulfide) groups is 1. The highest BCUT2D eigenvalue weighted by Gasteiger charge is 2.28. The van der Waals surface area contributed by atoms with Crippen molar-refractivity contribution in [2.24, 2.45) is 11.8 Å². The van der Waals surface area contributed by atoms with Crippen molar-refractivity contribution < 1.29 is 4.79 Å². The summed E-state index contributed by atoms with van der Waals surface area (Å²) >= 11 is 1.35. The first kappa shape index (κ1) is 17.0. The highest BCUT2D eigenvalue weighted by atomic mass is 32.2. The van der Waals surface area contributed by atoms with Crippen LogP contribution in [0.15, 0.2) is 29.7 Å². The maximum atomic E-state index is 12.2. The number of carbonyl (C=O) groups is 1. The van der Waals surface area contributed by atoms with Crippen molar-refractivity contribution in [3.63, 3.8) is 0 Å². The molecule has 1 fully saturated rings. The number of hydrogen-bond acceptors (Lipinski definition) is 5. The zero-order chi connectivity index (χ0) is 16.9. The Labute approximate surface area is 146 Å². The van der Waals surface area contributed by atoms with Gasteiger partial charge in [0.25, 0.3) is 0 Å². The Morgan fingerprint density at radius 1 is 1.33 bits per heavy atom. The van der Waals surface area contributed by atoms with Gasteiger partial charge in [0, 0.05) is 24.0 Å². The van der Waals surface area contributed by atoms with Crippen molar-refractivity contribution >= 4 is 17.7 Å². The Morgan fingerprint density at radius 2 is 2.12 bits per heavy atom. The molecule has 2 aromatic heterocycles. The molecule has 0 bridgehead atoms. The third-order valence-electron chi connectivity index (χ3n) is 4.80. The maximum absolute atomic E-state index is 12.2. The quantitative estimate of drug-likeness (QED) is 0.814. The van der Waals surface area contributed by atoms with Crippen LogP contribution in [-0.2, 0) is 4.79 Å². The van der Waals surface area contributed by atoms with E-state index in [4.69, 9.17) is 0 Å². The lowest BCUT2D eigenvalue weighted by molar-refractivity contribution is -0.120. The van der Waals surface area contributed by atoms with Gasteiger partial charge in [0.15, 0.2) is 5.82 Å². The topological polar surface area (TPSA) is 83.6 Å². The number of hydrogen-bond donors (Lipinski definition) is 2. The average molecular weight is 345 g/mol. The predicted molar refractivity (Wildman–Crippen MR) is 94.4 cm³/mol. The van der Waals surface area contributed by atoms with E-state index in [1.165, 1.54) is 24.6 Å². The van der Waals surface area contributed by atoms with Gasteiger partial charge in [-0.3, -0.25) is 14.9 Å². The van der Waals surface area contributed by atoms with E-state index in [1.807, 2.05) is 12.1 Å². The van der Waals surface area contributed by atoms with E-state index in [2.05, 4.69) is 39.3 Å². The second kappa shape index (κ2) is 7.79. The first-order valence-electron chi connectivity index (χ1n) is 8.38. The normalized spacial score (nSPS) is 23.8. The van der Waals surface area contributed by atoms with E-state index in [1.54, 1.807) is 12.4 Å². The highest BCUT2D eigenvalue weighted by molar-refractivity contribution is 7.99. The van der Waals surface area contributed by atoms with E-state index >= 15 is 0 Å². The van der Waals surface area contributed by atoms with E-state index in [9.17, 15) is 4.79 Å². The molecule has 0 aromatic carbocycles. The summed E-state index contributed by atoms with van der Waals surface area (Å²) < 4.78 is 0.